The van der Waals surface area contributed by atoms with Gasteiger partial charge in [-0.15, -0.1) is 11.8 Å². The topological polar surface area (TPSA) is 39.4 Å². The summed E-state index contributed by atoms with van der Waals surface area (Å²) in [6.07, 6.45) is 6.91. The number of unbranched alkanes of at least 4 members (excludes halogenated alkanes) is 3. The second-order valence-electron chi connectivity index (χ2n) is 7.75. The van der Waals surface area contributed by atoms with Crippen LogP contribution in [0, 0.1) is 0 Å². The number of thioether (sulfide) groups is 1. The van der Waals surface area contributed by atoms with Crippen molar-refractivity contribution in [3.63, 3.8) is 0 Å². The Hall–Kier alpha value is -1.71. The standard InChI is InChI=1S/C20H16BrF3O3S2.C6H14/c1-28-18(29(2)25)10-14-15(20(22,23)24)4-3-5-17(14)27-11-12-8-13-6-7-26-19(13)16(21)9-12;1-3-5-6-4-2/h3-10H,11H2,1-2H3;3-6H2,1-2H3/b18-10+;. The molecule has 2 aromatic carbocycles. The van der Waals surface area contributed by atoms with E-state index >= 15 is 0 Å². The lowest BCUT2D eigenvalue weighted by Crippen LogP contribution is -2.09. The van der Waals surface area contributed by atoms with Crippen LogP contribution in [0.25, 0.3) is 17.0 Å². The Kier molecular flexibility index (Phi) is 11.9. The number of ether oxygens (including phenoxy) is 1. The molecule has 3 rings (SSSR count). The molecule has 35 heavy (non-hydrogen) atoms. The molecule has 0 spiro atoms. The maximum absolute atomic E-state index is 13.6. The van der Waals surface area contributed by atoms with Crippen LogP contribution in [0.4, 0.5) is 13.2 Å². The van der Waals surface area contributed by atoms with E-state index < -0.39 is 22.5 Å². The van der Waals surface area contributed by atoms with Gasteiger partial charge in [-0.2, -0.15) is 13.2 Å². The third-order valence-corrected chi connectivity index (χ3v) is 8.03. The monoisotopic (exact) mass is 590 g/mol. The SMILES string of the molecule is CCCCCC.CS/C(=C\c1c(OCc2cc(Br)c3occc3c2)cccc1C(F)(F)F)S(C)=O. The summed E-state index contributed by atoms with van der Waals surface area (Å²) >= 11 is 4.56. The van der Waals surface area contributed by atoms with Crippen LogP contribution in [-0.4, -0.2) is 16.7 Å². The number of rotatable bonds is 9. The first-order valence-corrected chi connectivity index (χ1v) is 14.8. The van der Waals surface area contributed by atoms with Crippen LogP contribution in [0.1, 0.15) is 56.2 Å². The van der Waals surface area contributed by atoms with Gasteiger partial charge in [-0.25, -0.2) is 0 Å². The Bertz CT molecular complexity index is 1150. The fraction of sp³-hybridized carbons (Fsp3) is 0.385. The third-order valence-electron chi connectivity index (χ3n) is 5.04. The van der Waals surface area contributed by atoms with Crippen molar-refractivity contribution in [3.05, 3.63) is 68.1 Å². The molecule has 3 nitrogen and oxygen atoms in total. The van der Waals surface area contributed by atoms with Gasteiger partial charge in [0.25, 0.3) is 0 Å². The third kappa shape index (κ3) is 8.72. The fourth-order valence-corrected chi connectivity index (χ4v) is 5.36. The molecule has 1 unspecified atom stereocenters. The van der Waals surface area contributed by atoms with Gasteiger partial charge in [-0.3, -0.25) is 4.21 Å². The summed E-state index contributed by atoms with van der Waals surface area (Å²) < 4.78 is 64.7. The van der Waals surface area contributed by atoms with E-state index in [9.17, 15) is 17.4 Å². The van der Waals surface area contributed by atoms with Crippen LogP contribution >= 0.6 is 27.7 Å². The van der Waals surface area contributed by atoms with E-state index in [4.69, 9.17) is 9.15 Å². The largest absolute Gasteiger partial charge is 0.488 e. The molecule has 0 aliphatic rings. The van der Waals surface area contributed by atoms with Gasteiger partial charge in [0.2, 0.25) is 0 Å². The summed E-state index contributed by atoms with van der Waals surface area (Å²) in [5, 5.41) is 0.855. The molecular formula is C26H30BrF3O3S2. The molecule has 9 heteroatoms. The second-order valence-corrected chi connectivity index (χ2v) is 11.1. The molecule has 1 atom stereocenters. The highest BCUT2D eigenvalue weighted by Crippen LogP contribution is 2.39. The number of furan rings is 1. The molecule has 0 saturated heterocycles. The molecule has 1 heterocycles. The number of hydrogen-bond donors (Lipinski definition) is 0. The molecule has 0 fully saturated rings. The molecule has 0 aliphatic heterocycles. The molecule has 0 radical (unpaired) electrons. The van der Waals surface area contributed by atoms with Crippen LogP contribution in [0.15, 0.2) is 55.8 Å². The van der Waals surface area contributed by atoms with E-state index in [-0.39, 0.29) is 17.9 Å². The van der Waals surface area contributed by atoms with E-state index in [0.29, 0.717) is 9.82 Å². The first-order chi connectivity index (χ1) is 16.6. The Morgan fingerprint density at radius 2 is 1.86 bits per heavy atom. The van der Waals surface area contributed by atoms with Crippen molar-refractivity contribution in [1.82, 2.24) is 0 Å². The average Bonchev–Trinajstić information content (AvgIpc) is 3.29. The number of benzene rings is 2. The molecule has 0 bridgehead atoms. The van der Waals surface area contributed by atoms with Gasteiger partial charge in [-0.1, -0.05) is 45.6 Å². The summed E-state index contributed by atoms with van der Waals surface area (Å²) in [6, 6.07) is 9.20. The molecule has 0 saturated carbocycles. The lowest BCUT2D eigenvalue weighted by Gasteiger charge is -2.16. The Morgan fingerprint density at radius 3 is 2.43 bits per heavy atom. The van der Waals surface area contributed by atoms with Gasteiger partial charge < -0.3 is 9.15 Å². The van der Waals surface area contributed by atoms with Crippen molar-refractivity contribution in [2.75, 3.05) is 12.5 Å². The number of alkyl halides is 3. The van der Waals surface area contributed by atoms with Crippen molar-refractivity contribution < 1.29 is 26.5 Å². The van der Waals surface area contributed by atoms with Crippen molar-refractivity contribution in [1.29, 1.82) is 0 Å². The molecule has 3 aromatic rings. The normalized spacial score (nSPS) is 12.9. The minimum atomic E-state index is -4.57. The van der Waals surface area contributed by atoms with Crippen LogP contribution in [0.3, 0.4) is 0 Å². The molecule has 0 amide bonds. The van der Waals surface area contributed by atoms with E-state index in [1.165, 1.54) is 50.1 Å². The highest BCUT2D eigenvalue weighted by molar-refractivity contribution is 9.10. The van der Waals surface area contributed by atoms with Gasteiger partial charge in [0, 0.05) is 17.2 Å². The summed E-state index contributed by atoms with van der Waals surface area (Å²) in [5.41, 5.74) is 0.482. The predicted molar refractivity (Wildman–Crippen MR) is 145 cm³/mol. The predicted octanol–water partition coefficient (Wildman–Crippen LogP) is 9.42. The minimum absolute atomic E-state index is 0.0612. The number of fused-ring (bicyclic) bond motifs is 1. The zero-order chi connectivity index (χ0) is 26.0. The fourth-order valence-electron chi connectivity index (χ4n) is 3.28. The van der Waals surface area contributed by atoms with Crippen LogP contribution in [0.2, 0.25) is 0 Å². The highest BCUT2D eigenvalue weighted by Gasteiger charge is 2.34. The van der Waals surface area contributed by atoms with Gasteiger partial charge in [0.05, 0.1) is 31.3 Å². The zero-order valence-electron chi connectivity index (χ0n) is 20.2. The average molecular weight is 592 g/mol. The van der Waals surface area contributed by atoms with Crippen molar-refractivity contribution >= 4 is 55.5 Å². The zero-order valence-corrected chi connectivity index (χ0v) is 23.4. The molecular weight excluding hydrogens is 561 g/mol. The van der Waals surface area contributed by atoms with Crippen molar-refractivity contribution in [2.45, 2.75) is 52.3 Å². The maximum atomic E-state index is 13.6. The highest BCUT2D eigenvalue weighted by atomic mass is 79.9. The summed E-state index contributed by atoms with van der Waals surface area (Å²) in [7, 11) is -1.42. The Labute approximate surface area is 220 Å². The van der Waals surface area contributed by atoms with Crippen LogP contribution in [-0.2, 0) is 23.6 Å². The van der Waals surface area contributed by atoms with Gasteiger partial charge in [-0.05, 0) is 64.2 Å². The van der Waals surface area contributed by atoms with Crippen LogP contribution in [0.5, 0.6) is 5.75 Å². The van der Waals surface area contributed by atoms with Gasteiger partial charge >= 0.3 is 6.18 Å². The smallest absolute Gasteiger partial charge is 0.417 e. The van der Waals surface area contributed by atoms with Crippen LogP contribution < -0.4 is 4.74 Å². The molecule has 0 N–H and O–H groups in total. The number of hydrogen-bond acceptors (Lipinski definition) is 4. The maximum Gasteiger partial charge on any atom is 0.417 e. The first kappa shape index (κ1) is 29.5. The van der Waals surface area contributed by atoms with E-state index in [0.717, 1.165) is 33.3 Å². The summed E-state index contributed by atoms with van der Waals surface area (Å²) in [5.74, 6) is 0.0697. The summed E-state index contributed by atoms with van der Waals surface area (Å²) in [4.78, 5) is 0. The van der Waals surface area contributed by atoms with E-state index in [1.54, 1.807) is 24.7 Å². The Morgan fingerprint density at radius 1 is 1.17 bits per heavy atom. The van der Waals surface area contributed by atoms with Gasteiger partial charge in [0.15, 0.2) is 0 Å². The van der Waals surface area contributed by atoms with Crippen molar-refractivity contribution in [2.24, 2.45) is 0 Å². The summed E-state index contributed by atoms with van der Waals surface area (Å²) in [6.45, 7) is 4.52. The molecule has 0 aliphatic carbocycles. The minimum Gasteiger partial charge on any atom is -0.488 e. The van der Waals surface area contributed by atoms with Crippen molar-refractivity contribution in [3.8, 4) is 5.75 Å². The van der Waals surface area contributed by atoms with E-state index in [2.05, 4.69) is 29.8 Å². The van der Waals surface area contributed by atoms with E-state index in [1.807, 2.05) is 6.07 Å². The first-order valence-electron chi connectivity index (χ1n) is 11.2. The lowest BCUT2D eigenvalue weighted by molar-refractivity contribution is -0.137. The number of halogens is 4. The molecule has 192 valence electrons. The molecule has 1 aromatic heterocycles. The Balaban J connectivity index is 0.000000641. The second kappa shape index (κ2) is 14.1. The quantitative estimate of drug-likeness (QED) is 0.233. The lowest BCUT2D eigenvalue weighted by atomic mass is 10.1. The van der Waals surface area contributed by atoms with Gasteiger partial charge in [0.1, 0.15) is 17.9 Å².